The molecular weight excluding hydrogens is 354 g/mol. The van der Waals surface area contributed by atoms with Crippen LogP contribution >= 0.6 is 0 Å². The molecule has 1 fully saturated rings. The molecule has 5 nitrogen and oxygen atoms in total. The lowest BCUT2D eigenvalue weighted by Gasteiger charge is -2.34. The van der Waals surface area contributed by atoms with Gasteiger partial charge in [-0.05, 0) is 23.8 Å². The van der Waals surface area contributed by atoms with Crippen LogP contribution in [0.3, 0.4) is 0 Å². The van der Waals surface area contributed by atoms with Gasteiger partial charge in [0.1, 0.15) is 5.82 Å². The molecule has 0 spiro atoms. The van der Waals surface area contributed by atoms with Gasteiger partial charge >= 0.3 is 0 Å². The van der Waals surface area contributed by atoms with Crippen LogP contribution in [0.25, 0.3) is 11.1 Å². The Morgan fingerprint density at radius 2 is 1.52 bits per heavy atom. The molecule has 142 valence electrons. The molecule has 27 heavy (non-hydrogen) atoms. The summed E-state index contributed by atoms with van der Waals surface area (Å²) < 4.78 is 32.8. The summed E-state index contributed by atoms with van der Waals surface area (Å²) in [5.74, 6) is -1.57. The van der Waals surface area contributed by atoms with E-state index in [1.807, 2.05) is 0 Å². The van der Waals surface area contributed by atoms with Crippen molar-refractivity contribution in [3.05, 3.63) is 53.6 Å². The number of hydrogen-bond donors (Lipinski definition) is 0. The minimum Gasteiger partial charge on any atom is -0.494 e. The smallest absolute Gasteiger partial charge is 0.253 e. The molecule has 0 aromatic heterocycles. The van der Waals surface area contributed by atoms with E-state index < -0.39 is 11.6 Å². The normalized spacial score (nSPS) is 14.2. The van der Waals surface area contributed by atoms with Gasteiger partial charge in [-0.25, -0.2) is 8.78 Å². The summed E-state index contributed by atoms with van der Waals surface area (Å²) in [5, 5.41) is 0. The third kappa shape index (κ3) is 3.92. The second-order valence-corrected chi connectivity index (χ2v) is 6.34. The van der Waals surface area contributed by atoms with Crippen molar-refractivity contribution in [2.45, 2.75) is 6.92 Å². The summed E-state index contributed by atoms with van der Waals surface area (Å²) in [5.41, 5.74) is 1.03. The molecule has 0 unspecified atom stereocenters. The van der Waals surface area contributed by atoms with Crippen LogP contribution in [0, 0.1) is 11.6 Å². The van der Waals surface area contributed by atoms with E-state index >= 15 is 0 Å². The van der Waals surface area contributed by atoms with Crippen molar-refractivity contribution in [3.63, 3.8) is 0 Å². The monoisotopic (exact) mass is 374 g/mol. The van der Waals surface area contributed by atoms with E-state index in [0.29, 0.717) is 37.3 Å². The molecule has 2 amide bonds. The number of ether oxygens (including phenoxy) is 1. The summed E-state index contributed by atoms with van der Waals surface area (Å²) in [6.07, 6.45) is 0. The van der Waals surface area contributed by atoms with Crippen molar-refractivity contribution in [2.24, 2.45) is 0 Å². The maximum atomic E-state index is 14.2. The number of amides is 2. The van der Waals surface area contributed by atoms with Crippen LogP contribution in [0.1, 0.15) is 17.3 Å². The number of carbonyl (C=O) groups is 2. The van der Waals surface area contributed by atoms with Gasteiger partial charge in [-0.1, -0.05) is 12.1 Å². The first-order valence-corrected chi connectivity index (χ1v) is 8.59. The number of carbonyl (C=O) groups excluding carboxylic acids is 2. The van der Waals surface area contributed by atoms with Crippen molar-refractivity contribution >= 4 is 11.8 Å². The highest BCUT2D eigenvalue weighted by molar-refractivity contribution is 5.95. The Balaban J connectivity index is 1.75. The van der Waals surface area contributed by atoms with Gasteiger partial charge in [-0.2, -0.15) is 0 Å². The van der Waals surface area contributed by atoms with Crippen molar-refractivity contribution in [3.8, 4) is 16.9 Å². The zero-order valence-electron chi connectivity index (χ0n) is 15.2. The maximum absolute atomic E-state index is 14.2. The maximum Gasteiger partial charge on any atom is 0.253 e. The van der Waals surface area contributed by atoms with E-state index in [1.165, 1.54) is 14.0 Å². The highest BCUT2D eigenvalue weighted by atomic mass is 19.1. The molecule has 0 N–H and O–H groups in total. The molecule has 3 rings (SSSR count). The van der Waals surface area contributed by atoms with Crippen molar-refractivity contribution < 1.29 is 23.1 Å². The molecule has 1 aliphatic heterocycles. The Bertz CT molecular complexity index is 860. The minimum atomic E-state index is -0.655. The Labute approximate surface area is 156 Å². The minimum absolute atomic E-state index is 0.000187. The van der Waals surface area contributed by atoms with Gasteiger partial charge in [0.05, 0.1) is 7.11 Å². The molecule has 0 atom stereocenters. The molecule has 0 aliphatic carbocycles. The third-order valence-corrected chi connectivity index (χ3v) is 4.70. The fourth-order valence-corrected chi connectivity index (χ4v) is 3.11. The first-order chi connectivity index (χ1) is 12.9. The van der Waals surface area contributed by atoms with Crippen LogP contribution in [0.5, 0.6) is 5.75 Å². The van der Waals surface area contributed by atoms with Crippen LogP contribution in [0.4, 0.5) is 8.78 Å². The quantitative estimate of drug-likeness (QED) is 0.830. The number of halogens is 2. The lowest BCUT2D eigenvalue weighted by molar-refractivity contribution is -0.130. The second-order valence-electron chi connectivity index (χ2n) is 6.34. The number of benzene rings is 2. The molecule has 0 bridgehead atoms. The summed E-state index contributed by atoms with van der Waals surface area (Å²) >= 11 is 0. The van der Waals surface area contributed by atoms with E-state index in [-0.39, 0.29) is 23.1 Å². The summed E-state index contributed by atoms with van der Waals surface area (Å²) in [7, 11) is 1.27. The molecule has 0 radical (unpaired) electrons. The Kier molecular flexibility index (Phi) is 5.39. The Morgan fingerprint density at radius 1 is 0.926 bits per heavy atom. The van der Waals surface area contributed by atoms with Gasteiger partial charge in [0, 0.05) is 50.3 Å². The Morgan fingerprint density at radius 3 is 2.07 bits per heavy atom. The largest absolute Gasteiger partial charge is 0.494 e. The zero-order chi connectivity index (χ0) is 19.6. The Hall–Kier alpha value is -2.96. The molecule has 2 aromatic rings. The molecule has 1 aliphatic rings. The van der Waals surface area contributed by atoms with Gasteiger partial charge in [0.15, 0.2) is 11.6 Å². The topological polar surface area (TPSA) is 49.9 Å². The van der Waals surface area contributed by atoms with E-state index in [1.54, 1.807) is 34.1 Å². The van der Waals surface area contributed by atoms with Crippen molar-refractivity contribution in [1.82, 2.24) is 9.80 Å². The first-order valence-electron chi connectivity index (χ1n) is 8.59. The SMILES string of the molecule is COc1cc(F)c(-c2ccc(C(=O)N3CCN(C(C)=O)CC3)cc2)cc1F. The average Bonchev–Trinajstić information content (AvgIpc) is 2.69. The lowest BCUT2D eigenvalue weighted by Crippen LogP contribution is -2.50. The number of rotatable bonds is 3. The van der Waals surface area contributed by atoms with Crippen molar-refractivity contribution in [2.75, 3.05) is 33.3 Å². The molecular formula is C20H20F2N2O3. The van der Waals surface area contributed by atoms with Crippen LogP contribution in [-0.2, 0) is 4.79 Å². The first kappa shape index (κ1) is 18.8. The fraction of sp³-hybridized carbons (Fsp3) is 0.300. The van der Waals surface area contributed by atoms with E-state index in [4.69, 9.17) is 4.74 Å². The summed E-state index contributed by atoms with van der Waals surface area (Å²) in [6.45, 7) is 3.47. The van der Waals surface area contributed by atoms with Gasteiger partial charge in [-0.3, -0.25) is 9.59 Å². The third-order valence-electron chi connectivity index (χ3n) is 4.70. The zero-order valence-corrected chi connectivity index (χ0v) is 15.2. The van der Waals surface area contributed by atoms with E-state index in [2.05, 4.69) is 0 Å². The number of nitrogens with zero attached hydrogens (tertiary/aromatic N) is 2. The fourth-order valence-electron chi connectivity index (χ4n) is 3.11. The summed E-state index contributed by atoms with van der Waals surface area (Å²) in [4.78, 5) is 27.4. The van der Waals surface area contributed by atoms with Crippen molar-refractivity contribution in [1.29, 1.82) is 0 Å². The number of hydrogen-bond acceptors (Lipinski definition) is 3. The van der Waals surface area contributed by atoms with E-state index in [9.17, 15) is 18.4 Å². The van der Waals surface area contributed by atoms with E-state index in [0.717, 1.165) is 12.1 Å². The second kappa shape index (κ2) is 7.73. The van der Waals surface area contributed by atoms with Gasteiger partial charge in [0.2, 0.25) is 5.91 Å². The van der Waals surface area contributed by atoms with Crippen LogP contribution in [0.15, 0.2) is 36.4 Å². The molecule has 7 heteroatoms. The van der Waals surface area contributed by atoms with Crippen LogP contribution in [-0.4, -0.2) is 54.9 Å². The molecule has 0 saturated carbocycles. The van der Waals surface area contributed by atoms with Gasteiger partial charge < -0.3 is 14.5 Å². The highest BCUT2D eigenvalue weighted by Gasteiger charge is 2.23. The molecule has 2 aromatic carbocycles. The molecule has 1 saturated heterocycles. The highest BCUT2D eigenvalue weighted by Crippen LogP contribution is 2.29. The summed E-state index contributed by atoms with van der Waals surface area (Å²) in [6, 6.07) is 8.43. The van der Waals surface area contributed by atoms with Gasteiger partial charge in [0.25, 0.3) is 5.91 Å². The van der Waals surface area contributed by atoms with Gasteiger partial charge in [-0.15, -0.1) is 0 Å². The molecule has 1 heterocycles. The van der Waals surface area contributed by atoms with Crippen LogP contribution in [0.2, 0.25) is 0 Å². The predicted octanol–water partition coefficient (Wildman–Crippen LogP) is 2.94. The number of methoxy groups -OCH3 is 1. The average molecular weight is 374 g/mol. The number of piperazine rings is 1. The predicted molar refractivity (Wildman–Crippen MR) is 96.5 cm³/mol. The lowest BCUT2D eigenvalue weighted by atomic mass is 10.0. The van der Waals surface area contributed by atoms with Crippen LogP contribution < -0.4 is 4.74 Å². The standard InChI is InChI=1S/C20H20F2N2O3/c1-13(25)23-7-9-24(10-8-23)20(26)15-5-3-14(4-6-15)16-11-18(22)19(27-2)12-17(16)21/h3-6,11-12H,7-10H2,1-2H3.